The lowest BCUT2D eigenvalue weighted by Gasteiger charge is -2.26. The van der Waals surface area contributed by atoms with Gasteiger partial charge in [0, 0.05) is 24.2 Å². The van der Waals surface area contributed by atoms with E-state index in [0.29, 0.717) is 11.5 Å². The van der Waals surface area contributed by atoms with Crippen molar-refractivity contribution in [1.82, 2.24) is 9.88 Å². The second kappa shape index (κ2) is 8.08. The Morgan fingerprint density at radius 2 is 1.56 bits per heavy atom. The zero-order valence-electron chi connectivity index (χ0n) is 15.1. The van der Waals surface area contributed by atoms with Crippen LogP contribution in [0.4, 0.5) is 0 Å². The minimum Gasteiger partial charge on any atom is -0.440 e. The van der Waals surface area contributed by atoms with Crippen LogP contribution in [-0.4, -0.2) is 35.5 Å². The first-order chi connectivity index (χ1) is 13.3. The number of carbonyl (C=O) groups is 1. The molecule has 0 saturated carbocycles. The molecule has 0 atom stereocenters. The van der Waals surface area contributed by atoms with Gasteiger partial charge in [0.25, 0.3) is 5.91 Å². The average molecular weight is 362 g/mol. The summed E-state index contributed by atoms with van der Waals surface area (Å²) in [5.74, 6) is 0.623. The summed E-state index contributed by atoms with van der Waals surface area (Å²) in [6.45, 7) is 1.56. The summed E-state index contributed by atoms with van der Waals surface area (Å²) in [7, 11) is 0. The van der Waals surface area contributed by atoms with Gasteiger partial charge in [0.15, 0.2) is 12.4 Å². The standard InChI is InChI=1S/C22H22N2O3/c25-19(24-14-8-3-9-15-24)16-26-22-23-20(17-10-4-1-5-11-17)21(27-22)18-12-6-2-7-13-18/h1-2,4-7,10-13H,3,8-9,14-16H2. The summed E-state index contributed by atoms with van der Waals surface area (Å²) >= 11 is 0. The first kappa shape index (κ1) is 17.3. The Labute approximate surface area is 158 Å². The van der Waals surface area contributed by atoms with Crippen molar-refractivity contribution in [1.29, 1.82) is 0 Å². The number of aromatic nitrogens is 1. The van der Waals surface area contributed by atoms with E-state index in [1.54, 1.807) is 0 Å². The van der Waals surface area contributed by atoms with E-state index >= 15 is 0 Å². The lowest BCUT2D eigenvalue weighted by molar-refractivity contribution is -0.134. The zero-order chi connectivity index (χ0) is 18.5. The van der Waals surface area contributed by atoms with Gasteiger partial charge in [-0.25, -0.2) is 0 Å². The molecule has 1 aromatic heterocycles. The fourth-order valence-electron chi connectivity index (χ4n) is 3.30. The van der Waals surface area contributed by atoms with Crippen LogP contribution < -0.4 is 4.74 Å². The molecule has 27 heavy (non-hydrogen) atoms. The van der Waals surface area contributed by atoms with Gasteiger partial charge in [0.1, 0.15) is 5.69 Å². The van der Waals surface area contributed by atoms with Crippen LogP contribution in [-0.2, 0) is 4.79 Å². The van der Waals surface area contributed by atoms with E-state index in [-0.39, 0.29) is 18.6 Å². The number of ether oxygens (including phenoxy) is 1. The van der Waals surface area contributed by atoms with Crippen LogP contribution >= 0.6 is 0 Å². The highest BCUT2D eigenvalue weighted by molar-refractivity contribution is 5.78. The van der Waals surface area contributed by atoms with E-state index in [1.807, 2.05) is 65.6 Å². The Kier molecular flexibility index (Phi) is 5.19. The topological polar surface area (TPSA) is 55.6 Å². The van der Waals surface area contributed by atoms with Crippen molar-refractivity contribution in [2.24, 2.45) is 0 Å². The van der Waals surface area contributed by atoms with E-state index in [0.717, 1.165) is 37.1 Å². The number of likely N-dealkylation sites (tertiary alicyclic amines) is 1. The highest BCUT2D eigenvalue weighted by Gasteiger charge is 2.21. The van der Waals surface area contributed by atoms with Crippen molar-refractivity contribution in [3.05, 3.63) is 60.7 Å². The molecule has 2 heterocycles. The van der Waals surface area contributed by atoms with Gasteiger partial charge < -0.3 is 14.1 Å². The molecule has 0 spiro atoms. The molecule has 0 N–H and O–H groups in total. The summed E-state index contributed by atoms with van der Waals surface area (Å²) in [4.78, 5) is 18.7. The van der Waals surface area contributed by atoms with E-state index < -0.39 is 0 Å². The van der Waals surface area contributed by atoms with Crippen molar-refractivity contribution >= 4 is 5.91 Å². The second-order valence-corrected chi connectivity index (χ2v) is 6.62. The summed E-state index contributed by atoms with van der Waals surface area (Å²) < 4.78 is 11.5. The molecule has 1 saturated heterocycles. The zero-order valence-corrected chi connectivity index (χ0v) is 15.1. The molecule has 1 amide bonds. The monoisotopic (exact) mass is 362 g/mol. The Morgan fingerprint density at radius 1 is 0.926 bits per heavy atom. The van der Waals surface area contributed by atoms with Crippen molar-refractivity contribution in [2.45, 2.75) is 19.3 Å². The van der Waals surface area contributed by atoms with Crippen LogP contribution in [0.5, 0.6) is 6.08 Å². The predicted molar refractivity (Wildman–Crippen MR) is 103 cm³/mol. The molecule has 138 valence electrons. The van der Waals surface area contributed by atoms with Gasteiger partial charge in [-0.2, -0.15) is 4.98 Å². The number of piperidine rings is 1. The number of rotatable bonds is 5. The molecule has 5 nitrogen and oxygen atoms in total. The number of benzene rings is 2. The third kappa shape index (κ3) is 4.03. The smallest absolute Gasteiger partial charge is 0.395 e. The maximum atomic E-state index is 12.3. The molecule has 1 aliphatic heterocycles. The SMILES string of the molecule is O=C(COc1nc(-c2ccccc2)c(-c2ccccc2)o1)N1CCCCC1. The number of nitrogens with zero attached hydrogens (tertiary/aromatic N) is 2. The van der Waals surface area contributed by atoms with Gasteiger partial charge in [-0.3, -0.25) is 4.79 Å². The van der Waals surface area contributed by atoms with E-state index in [4.69, 9.17) is 9.15 Å². The van der Waals surface area contributed by atoms with Crippen LogP contribution in [0.3, 0.4) is 0 Å². The molecule has 0 unspecified atom stereocenters. The fraction of sp³-hybridized carbons (Fsp3) is 0.273. The van der Waals surface area contributed by atoms with Gasteiger partial charge in [0.2, 0.25) is 0 Å². The maximum absolute atomic E-state index is 12.3. The minimum absolute atomic E-state index is 0.0181. The van der Waals surface area contributed by atoms with Gasteiger partial charge in [-0.15, -0.1) is 0 Å². The van der Waals surface area contributed by atoms with Gasteiger partial charge in [0.05, 0.1) is 0 Å². The van der Waals surface area contributed by atoms with Crippen LogP contribution in [0.25, 0.3) is 22.6 Å². The largest absolute Gasteiger partial charge is 0.440 e. The van der Waals surface area contributed by atoms with Crippen LogP contribution in [0, 0.1) is 0 Å². The number of amides is 1. The Bertz CT molecular complexity index is 827. The number of hydrogen-bond acceptors (Lipinski definition) is 4. The van der Waals surface area contributed by atoms with Crippen molar-refractivity contribution < 1.29 is 13.9 Å². The summed E-state index contributed by atoms with van der Waals surface area (Å²) in [6, 6.07) is 19.6. The Morgan fingerprint density at radius 3 is 2.22 bits per heavy atom. The average Bonchev–Trinajstić information content (AvgIpc) is 3.18. The van der Waals surface area contributed by atoms with E-state index in [1.165, 1.54) is 6.42 Å². The molecule has 3 aromatic rings. The quantitative estimate of drug-likeness (QED) is 0.675. The fourth-order valence-corrected chi connectivity index (χ4v) is 3.30. The molecular formula is C22H22N2O3. The predicted octanol–water partition coefficient (Wildman–Crippen LogP) is 4.40. The van der Waals surface area contributed by atoms with Crippen molar-refractivity contribution in [3.8, 4) is 28.7 Å². The van der Waals surface area contributed by atoms with Gasteiger partial charge >= 0.3 is 6.08 Å². The number of carbonyl (C=O) groups excluding carboxylic acids is 1. The molecule has 0 radical (unpaired) electrons. The summed E-state index contributed by atoms with van der Waals surface area (Å²) in [5, 5.41) is 0. The maximum Gasteiger partial charge on any atom is 0.395 e. The van der Waals surface area contributed by atoms with E-state index in [9.17, 15) is 4.79 Å². The molecule has 5 heteroatoms. The molecular weight excluding hydrogens is 340 g/mol. The van der Waals surface area contributed by atoms with Gasteiger partial charge in [-0.1, -0.05) is 60.7 Å². The molecule has 4 rings (SSSR count). The first-order valence-electron chi connectivity index (χ1n) is 9.33. The van der Waals surface area contributed by atoms with Crippen molar-refractivity contribution in [3.63, 3.8) is 0 Å². The highest BCUT2D eigenvalue weighted by atomic mass is 16.6. The highest BCUT2D eigenvalue weighted by Crippen LogP contribution is 2.35. The lowest BCUT2D eigenvalue weighted by atomic mass is 10.1. The molecule has 1 aliphatic rings. The van der Waals surface area contributed by atoms with Crippen LogP contribution in [0.2, 0.25) is 0 Å². The van der Waals surface area contributed by atoms with E-state index in [2.05, 4.69) is 4.98 Å². The van der Waals surface area contributed by atoms with Gasteiger partial charge in [-0.05, 0) is 19.3 Å². The van der Waals surface area contributed by atoms with Crippen molar-refractivity contribution in [2.75, 3.05) is 19.7 Å². The number of hydrogen-bond donors (Lipinski definition) is 0. The molecule has 0 aliphatic carbocycles. The van der Waals surface area contributed by atoms with Crippen LogP contribution in [0.15, 0.2) is 65.1 Å². The lowest BCUT2D eigenvalue weighted by Crippen LogP contribution is -2.38. The Balaban J connectivity index is 1.57. The third-order valence-corrected chi connectivity index (χ3v) is 4.72. The normalized spacial score (nSPS) is 14.1. The summed E-state index contributed by atoms with van der Waals surface area (Å²) in [5.41, 5.74) is 2.57. The molecule has 1 fully saturated rings. The van der Waals surface area contributed by atoms with Crippen LogP contribution in [0.1, 0.15) is 19.3 Å². The molecule has 0 bridgehead atoms. The number of oxazole rings is 1. The summed E-state index contributed by atoms with van der Waals surface area (Å²) in [6.07, 6.45) is 3.42. The minimum atomic E-state index is -0.0526. The Hall–Kier alpha value is -3.08. The third-order valence-electron chi connectivity index (χ3n) is 4.72. The first-order valence-corrected chi connectivity index (χ1v) is 9.33. The molecule has 2 aromatic carbocycles. The second-order valence-electron chi connectivity index (χ2n) is 6.62.